The van der Waals surface area contributed by atoms with Crippen LogP contribution in [0.25, 0.3) is 94.6 Å². The predicted octanol–water partition coefficient (Wildman–Crippen LogP) is 17.2. The molecule has 0 saturated heterocycles. The first-order valence-electron chi connectivity index (χ1n) is 22.0. The lowest BCUT2D eigenvalue weighted by molar-refractivity contribution is 1.18. The van der Waals surface area contributed by atoms with Crippen molar-refractivity contribution in [1.29, 1.82) is 0 Å². The zero-order chi connectivity index (χ0) is 42.4. The second kappa shape index (κ2) is 15.8. The maximum Gasteiger partial charge on any atom is 0.0547 e. The summed E-state index contributed by atoms with van der Waals surface area (Å²) < 4.78 is 2.48. The molecule has 0 radical (unpaired) electrons. The minimum atomic E-state index is 1.12. The summed E-state index contributed by atoms with van der Waals surface area (Å²) in [5.74, 6) is 0. The van der Waals surface area contributed by atoms with Gasteiger partial charge in [0.05, 0.1) is 11.0 Å². The van der Waals surface area contributed by atoms with Gasteiger partial charge in [0.15, 0.2) is 0 Å². The summed E-state index contributed by atoms with van der Waals surface area (Å²) in [6, 6.07) is 87.9. The third kappa shape index (κ3) is 6.52. The Balaban J connectivity index is 0.949. The van der Waals surface area contributed by atoms with Crippen LogP contribution in [0, 0.1) is 0 Å². The first-order valence-corrected chi connectivity index (χ1v) is 22.0. The number of para-hydroxylation sites is 2. The summed E-state index contributed by atoms with van der Waals surface area (Å²) in [5, 5.41) is 7.58. The molecule has 0 unspecified atom stereocenters. The van der Waals surface area contributed by atoms with Crippen LogP contribution in [0.3, 0.4) is 0 Å². The minimum Gasteiger partial charge on any atom is -0.311 e. The molecule has 0 bridgehead atoms. The highest BCUT2D eigenvalue weighted by Gasteiger charge is 2.21. The summed E-state index contributed by atoms with van der Waals surface area (Å²) in [7, 11) is 0. The Morgan fingerprint density at radius 1 is 0.328 bits per heavy atom. The van der Waals surface area contributed by atoms with E-state index >= 15 is 0 Å². The van der Waals surface area contributed by atoms with E-state index in [-0.39, 0.29) is 0 Å². The quantitative estimate of drug-likeness (QED) is 0.104. The lowest BCUT2D eigenvalue weighted by Gasteiger charge is -2.25. The molecule has 0 N–H and O–H groups in total. The van der Waals surface area contributed by atoms with Gasteiger partial charge in [0, 0.05) is 33.5 Å². The van der Waals surface area contributed by atoms with Crippen LogP contribution in [0.4, 0.5) is 17.1 Å². The summed E-state index contributed by atoms with van der Waals surface area (Å²) in [5.41, 5.74) is 16.6. The van der Waals surface area contributed by atoms with Gasteiger partial charge in [-0.2, -0.15) is 0 Å². The molecule has 0 aliphatic carbocycles. The molecular formula is C62H42N2. The highest BCUT2D eigenvalue weighted by molar-refractivity contribution is 6.27. The number of hydrogen-bond donors (Lipinski definition) is 0. The maximum atomic E-state index is 2.48. The fourth-order valence-corrected chi connectivity index (χ4v) is 9.76. The van der Waals surface area contributed by atoms with Gasteiger partial charge in [0.1, 0.15) is 0 Å². The summed E-state index contributed by atoms with van der Waals surface area (Å²) in [6.45, 7) is 0. The van der Waals surface area contributed by atoms with E-state index in [1.165, 1.54) is 82.3 Å². The molecule has 2 heteroatoms. The lowest BCUT2D eigenvalue weighted by Crippen LogP contribution is -2.09. The van der Waals surface area contributed by atoms with Crippen LogP contribution >= 0.6 is 0 Å². The molecule has 0 saturated carbocycles. The molecule has 2 nitrogen and oxygen atoms in total. The van der Waals surface area contributed by atoms with Gasteiger partial charge in [-0.15, -0.1) is 0 Å². The Labute approximate surface area is 373 Å². The third-order valence-electron chi connectivity index (χ3n) is 12.7. The van der Waals surface area contributed by atoms with Gasteiger partial charge in [0.2, 0.25) is 0 Å². The molecule has 12 aromatic rings. The van der Waals surface area contributed by atoms with Crippen LogP contribution < -0.4 is 4.90 Å². The first kappa shape index (κ1) is 37.3. The first-order chi connectivity index (χ1) is 31.7. The average molecular weight is 815 g/mol. The largest absolute Gasteiger partial charge is 0.311 e. The molecule has 0 spiro atoms. The van der Waals surface area contributed by atoms with Crippen molar-refractivity contribution in [3.63, 3.8) is 0 Å². The van der Waals surface area contributed by atoms with Gasteiger partial charge in [-0.05, 0) is 133 Å². The molecule has 0 amide bonds. The normalized spacial score (nSPS) is 11.7. The summed E-state index contributed by atoms with van der Waals surface area (Å²) in [6.07, 6.45) is 4.49. The Bertz CT molecular complexity index is 3530. The number of aromatic nitrogens is 1. The molecule has 0 aliphatic heterocycles. The molecule has 0 fully saturated rings. The molecule has 64 heavy (non-hydrogen) atoms. The van der Waals surface area contributed by atoms with Crippen molar-refractivity contribution in [2.24, 2.45) is 0 Å². The van der Waals surface area contributed by atoms with Gasteiger partial charge in [0.25, 0.3) is 0 Å². The van der Waals surface area contributed by atoms with Gasteiger partial charge >= 0.3 is 0 Å². The van der Waals surface area contributed by atoms with Crippen LogP contribution in [0.1, 0.15) is 11.1 Å². The number of rotatable bonds is 9. The molecule has 0 atom stereocenters. The van der Waals surface area contributed by atoms with Crippen molar-refractivity contribution in [3.8, 4) is 39.1 Å². The summed E-state index contributed by atoms with van der Waals surface area (Å²) in [4.78, 5) is 2.29. The van der Waals surface area contributed by atoms with Gasteiger partial charge < -0.3 is 9.47 Å². The second-order valence-corrected chi connectivity index (χ2v) is 16.5. The number of benzene rings is 11. The van der Waals surface area contributed by atoms with E-state index in [4.69, 9.17) is 0 Å². The van der Waals surface area contributed by atoms with E-state index < -0.39 is 0 Å². The number of nitrogens with zero attached hydrogens (tertiary/aromatic N) is 2. The van der Waals surface area contributed by atoms with E-state index in [0.717, 1.165) is 28.3 Å². The van der Waals surface area contributed by atoms with E-state index in [1.807, 2.05) is 0 Å². The van der Waals surface area contributed by atoms with Crippen molar-refractivity contribution in [1.82, 2.24) is 4.57 Å². The predicted molar refractivity (Wildman–Crippen MR) is 273 cm³/mol. The average Bonchev–Trinajstić information content (AvgIpc) is 3.72. The van der Waals surface area contributed by atoms with Gasteiger partial charge in [-0.3, -0.25) is 0 Å². The van der Waals surface area contributed by atoms with Crippen molar-refractivity contribution in [2.45, 2.75) is 0 Å². The van der Waals surface area contributed by atoms with Gasteiger partial charge in [-0.1, -0.05) is 188 Å². The molecular weight excluding hydrogens is 773 g/mol. The van der Waals surface area contributed by atoms with E-state index in [0.29, 0.717) is 0 Å². The van der Waals surface area contributed by atoms with Crippen LogP contribution in [-0.4, -0.2) is 4.57 Å². The fraction of sp³-hybridized carbons (Fsp3) is 0. The molecule has 0 aliphatic rings. The fourth-order valence-electron chi connectivity index (χ4n) is 9.76. The monoisotopic (exact) mass is 814 g/mol. The SMILES string of the molecule is C(=C\c1ccc(-c2ccc3c4c2ccc2cccc(c24)n3-c2cc(-c3ccccc3)cc(-c3ccccc3)c2)c2ccccc12)/c1ccc(N(c2ccccc2)c2ccccc2)cc1. The maximum absolute atomic E-state index is 2.48. The standard InChI is InChI=1S/C62H42N2/c1-5-16-44(17-6-1)48-40-49(45-18-7-2-8-19-45)42-53(41-48)64-59-27-15-20-47-33-37-58-57(38-39-60(64)62(58)61(47)59)56-36-32-46(54-25-13-14-26-55(54)56)31-28-43-29-34-52(35-30-43)63(50-21-9-3-10-22-50)51-23-11-4-12-24-51/h1-42H/b31-28+. The van der Waals surface area contributed by atoms with E-state index in [1.54, 1.807) is 0 Å². The highest BCUT2D eigenvalue weighted by Crippen LogP contribution is 2.45. The second-order valence-electron chi connectivity index (χ2n) is 16.5. The van der Waals surface area contributed by atoms with Crippen LogP contribution in [0.2, 0.25) is 0 Å². The molecule has 1 heterocycles. The Morgan fingerprint density at radius 3 is 1.53 bits per heavy atom. The number of hydrogen-bond acceptors (Lipinski definition) is 1. The molecule has 12 rings (SSSR count). The smallest absolute Gasteiger partial charge is 0.0547 e. The lowest BCUT2D eigenvalue weighted by atomic mass is 9.90. The molecule has 1 aromatic heterocycles. The van der Waals surface area contributed by atoms with Crippen molar-refractivity contribution in [2.75, 3.05) is 4.90 Å². The zero-order valence-corrected chi connectivity index (χ0v) is 35.1. The minimum absolute atomic E-state index is 1.12. The Hall–Kier alpha value is -8.46. The topological polar surface area (TPSA) is 8.17 Å². The highest BCUT2D eigenvalue weighted by atomic mass is 15.1. The van der Waals surface area contributed by atoms with Crippen molar-refractivity contribution in [3.05, 3.63) is 254 Å². The van der Waals surface area contributed by atoms with Gasteiger partial charge in [-0.25, -0.2) is 0 Å². The molecule has 300 valence electrons. The third-order valence-corrected chi connectivity index (χ3v) is 12.7. The molecule has 11 aromatic carbocycles. The Kier molecular flexibility index (Phi) is 9.20. The van der Waals surface area contributed by atoms with Crippen molar-refractivity contribution < 1.29 is 0 Å². The van der Waals surface area contributed by atoms with Crippen molar-refractivity contribution >= 4 is 72.6 Å². The summed E-state index contributed by atoms with van der Waals surface area (Å²) >= 11 is 0. The van der Waals surface area contributed by atoms with E-state index in [9.17, 15) is 0 Å². The zero-order valence-electron chi connectivity index (χ0n) is 35.1. The number of anilines is 3. The van der Waals surface area contributed by atoms with Crippen LogP contribution in [-0.2, 0) is 0 Å². The van der Waals surface area contributed by atoms with Crippen LogP contribution in [0.5, 0.6) is 0 Å². The van der Waals surface area contributed by atoms with Crippen LogP contribution in [0.15, 0.2) is 243 Å². The Morgan fingerprint density at radius 2 is 0.875 bits per heavy atom. The number of fused-ring (bicyclic) bond motifs is 1. The van der Waals surface area contributed by atoms with E-state index in [2.05, 4.69) is 264 Å².